The molecule has 1 amide bonds. The van der Waals surface area contributed by atoms with Gasteiger partial charge in [-0.05, 0) is 36.4 Å². The maximum atomic E-state index is 12.8. The first-order valence-electron chi connectivity index (χ1n) is 7.93. The van der Waals surface area contributed by atoms with Crippen molar-refractivity contribution in [3.05, 3.63) is 57.0 Å². The number of rotatable bonds is 4. The number of hydrogen-bond acceptors (Lipinski definition) is 4. The number of halogens is 3. The Labute approximate surface area is 172 Å². The zero-order valence-electron chi connectivity index (χ0n) is 13.9. The Kier molecular flexibility index (Phi) is 6.30. The lowest BCUT2D eigenvalue weighted by atomic mass is 10.2. The van der Waals surface area contributed by atoms with Crippen LogP contribution in [-0.2, 0) is 14.8 Å². The summed E-state index contributed by atoms with van der Waals surface area (Å²) in [7, 11) is -3.83. The molecule has 10 heteroatoms. The molecule has 2 aromatic rings. The SMILES string of the molecule is O=C(Nc1ccc(Cl)c(Cl)c1)c1ccc(Cl)c(S(=O)(=O)N2CCOCC2)c1. The second-order valence-electron chi connectivity index (χ2n) is 5.74. The summed E-state index contributed by atoms with van der Waals surface area (Å²) in [6.45, 7) is 1.10. The number of carbonyl (C=O) groups is 1. The maximum Gasteiger partial charge on any atom is 0.255 e. The largest absolute Gasteiger partial charge is 0.379 e. The number of carbonyl (C=O) groups excluding carboxylic acids is 1. The van der Waals surface area contributed by atoms with Gasteiger partial charge in [-0.25, -0.2) is 8.42 Å². The summed E-state index contributed by atoms with van der Waals surface area (Å²) >= 11 is 17.9. The third-order valence-electron chi connectivity index (χ3n) is 3.96. The molecule has 0 aromatic heterocycles. The van der Waals surface area contributed by atoms with Crippen molar-refractivity contribution >= 4 is 56.4 Å². The molecule has 0 atom stereocenters. The van der Waals surface area contributed by atoms with Crippen molar-refractivity contribution in [1.29, 1.82) is 0 Å². The van der Waals surface area contributed by atoms with Crippen molar-refractivity contribution in [3.63, 3.8) is 0 Å². The number of sulfonamides is 1. The highest BCUT2D eigenvalue weighted by atomic mass is 35.5. The van der Waals surface area contributed by atoms with Gasteiger partial charge in [0.15, 0.2) is 0 Å². The number of ether oxygens (including phenoxy) is 1. The van der Waals surface area contributed by atoms with E-state index >= 15 is 0 Å². The van der Waals surface area contributed by atoms with Gasteiger partial charge in [-0.15, -0.1) is 0 Å². The van der Waals surface area contributed by atoms with Gasteiger partial charge >= 0.3 is 0 Å². The zero-order chi connectivity index (χ0) is 19.6. The smallest absolute Gasteiger partial charge is 0.255 e. The summed E-state index contributed by atoms with van der Waals surface area (Å²) < 4.78 is 32.2. The van der Waals surface area contributed by atoms with Crippen LogP contribution in [0.5, 0.6) is 0 Å². The monoisotopic (exact) mass is 448 g/mol. The van der Waals surface area contributed by atoms with E-state index in [1.165, 1.54) is 28.6 Å². The van der Waals surface area contributed by atoms with Gasteiger partial charge in [-0.1, -0.05) is 34.8 Å². The lowest BCUT2D eigenvalue weighted by molar-refractivity contribution is 0.0730. The topological polar surface area (TPSA) is 75.7 Å². The van der Waals surface area contributed by atoms with Crippen LogP contribution in [0.25, 0.3) is 0 Å². The van der Waals surface area contributed by atoms with Crippen LogP contribution in [0.1, 0.15) is 10.4 Å². The van der Waals surface area contributed by atoms with Crippen LogP contribution >= 0.6 is 34.8 Å². The van der Waals surface area contributed by atoms with Crippen molar-refractivity contribution in [2.24, 2.45) is 0 Å². The minimum absolute atomic E-state index is 0.0487. The minimum Gasteiger partial charge on any atom is -0.379 e. The van der Waals surface area contributed by atoms with E-state index in [-0.39, 0.29) is 28.6 Å². The van der Waals surface area contributed by atoms with Gasteiger partial charge in [0, 0.05) is 24.3 Å². The Morgan fingerprint density at radius 3 is 2.30 bits per heavy atom. The molecule has 1 N–H and O–H groups in total. The molecule has 2 aromatic carbocycles. The van der Waals surface area contributed by atoms with Crippen LogP contribution in [0.2, 0.25) is 15.1 Å². The molecule has 3 rings (SSSR count). The molecule has 1 heterocycles. The molecule has 0 saturated carbocycles. The molecule has 1 saturated heterocycles. The summed E-state index contributed by atoms with van der Waals surface area (Å²) in [5, 5.41) is 3.35. The van der Waals surface area contributed by atoms with Crippen molar-refractivity contribution in [1.82, 2.24) is 4.31 Å². The quantitative estimate of drug-likeness (QED) is 0.767. The van der Waals surface area contributed by atoms with Crippen LogP contribution in [0.3, 0.4) is 0 Å². The number of hydrogen-bond donors (Lipinski definition) is 1. The molecule has 0 unspecified atom stereocenters. The van der Waals surface area contributed by atoms with Crippen LogP contribution in [0.4, 0.5) is 5.69 Å². The van der Waals surface area contributed by atoms with E-state index in [2.05, 4.69) is 5.32 Å². The molecule has 6 nitrogen and oxygen atoms in total. The van der Waals surface area contributed by atoms with Gasteiger partial charge in [0.25, 0.3) is 5.91 Å². The van der Waals surface area contributed by atoms with E-state index in [1.54, 1.807) is 12.1 Å². The van der Waals surface area contributed by atoms with Crippen molar-refractivity contribution < 1.29 is 17.9 Å². The predicted molar refractivity (Wildman–Crippen MR) is 105 cm³/mol. The third-order valence-corrected chi connectivity index (χ3v) is 7.08. The average Bonchev–Trinajstić information content (AvgIpc) is 2.65. The first kappa shape index (κ1) is 20.4. The van der Waals surface area contributed by atoms with Crippen LogP contribution in [0.15, 0.2) is 41.3 Å². The molecule has 1 aliphatic heterocycles. The Bertz CT molecular complexity index is 976. The predicted octanol–water partition coefficient (Wildman–Crippen LogP) is 3.92. The summed E-state index contributed by atoms with van der Waals surface area (Å²) in [5.41, 5.74) is 0.583. The van der Waals surface area contributed by atoms with E-state index in [0.29, 0.717) is 28.9 Å². The van der Waals surface area contributed by atoms with Gasteiger partial charge in [-0.3, -0.25) is 4.79 Å². The van der Waals surface area contributed by atoms with Gasteiger partial charge in [0.05, 0.1) is 28.3 Å². The highest BCUT2D eigenvalue weighted by molar-refractivity contribution is 7.89. The molecule has 0 radical (unpaired) electrons. The number of anilines is 1. The zero-order valence-corrected chi connectivity index (χ0v) is 17.0. The molecule has 0 spiro atoms. The molecule has 27 heavy (non-hydrogen) atoms. The third kappa shape index (κ3) is 4.56. The number of nitrogens with one attached hydrogen (secondary N) is 1. The fraction of sp³-hybridized carbons (Fsp3) is 0.235. The summed E-state index contributed by atoms with van der Waals surface area (Å²) in [6.07, 6.45) is 0. The van der Waals surface area contributed by atoms with Gasteiger partial charge in [0.1, 0.15) is 4.90 Å². The van der Waals surface area contributed by atoms with Crippen molar-refractivity contribution in [3.8, 4) is 0 Å². The Hall–Kier alpha value is -1.35. The van der Waals surface area contributed by atoms with E-state index in [1.807, 2.05) is 0 Å². The molecular formula is C17H15Cl3N2O4S. The summed E-state index contributed by atoms with van der Waals surface area (Å²) in [6, 6.07) is 8.75. The lowest BCUT2D eigenvalue weighted by Gasteiger charge is -2.26. The first-order valence-corrected chi connectivity index (χ1v) is 10.5. The Morgan fingerprint density at radius 1 is 0.963 bits per heavy atom. The van der Waals surface area contributed by atoms with Crippen LogP contribution in [0, 0.1) is 0 Å². The van der Waals surface area contributed by atoms with Crippen LogP contribution in [-0.4, -0.2) is 44.9 Å². The lowest BCUT2D eigenvalue weighted by Crippen LogP contribution is -2.40. The number of nitrogens with zero attached hydrogens (tertiary/aromatic N) is 1. The van der Waals surface area contributed by atoms with Crippen molar-refractivity contribution in [2.75, 3.05) is 31.6 Å². The highest BCUT2D eigenvalue weighted by Gasteiger charge is 2.29. The van der Waals surface area contributed by atoms with E-state index in [4.69, 9.17) is 39.5 Å². The standard InChI is InChI=1S/C17H15Cl3N2O4S/c18-13-4-2-12(10-15(13)20)21-17(23)11-1-3-14(19)16(9-11)27(24,25)22-5-7-26-8-6-22/h1-4,9-10H,5-8H2,(H,21,23). The first-order chi connectivity index (χ1) is 12.8. The van der Waals surface area contributed by atoms with Gasteiger partial charge in [-0.2, -0.15) is 4.31 Å². The Morgan fingerprint density at radius 2 is 1.63 bits per heavy atom. The number of morpholine rings is 1. The van der Waals surface area contributed by atoms with Crippen molar-refractivity contribution in [2.45, 2.75) is 4.90 Å². The molecule has 1 aliphatic rings. The molecular weight excluding hydrogens is 435 g/mol. The second kappa shape index (κ2) is 8.34. The second-order valence-corrected chi connectivity index (χ2v) is 8.87. The average molecular weight is 450 g/mol. The normalized spacial score (nSPS) is 15.5. The fourth-order valence-corrected chi connectivity index (χ4v) is 4.75. The van der Waals surface area contributed by atoms with E-state index < -0.39 is 15.9 Å². The Balaban J connectivity index is 1.88. The summed E-state index contributed by atoms with van der Waals surface area (Å²) in [4.78, 5) is 12.4. The highest BCUT2D eigenvalue weighted by Crippen LogP contribution is 2.28. The summed E-state index contributed by atoms with van der Waals surface area (Å²) in [5.74, 6) is -0.497. The minimum atomic E-state index is -3.83. The van der Waals surface area contributed by atoms with Gasteiger partial charge in [0.2, 0.25) is 10.0 Å². The fourth-order valence-electron chi connectivity index (χ4n) is 2.55. The molecule has 144 valence electrons. The number of amides is 1. The molecule has 1 fully saturated rings. The van der Waals surface area contributed by atoms with E-state index in [9.17, 15) is 13.2 Å². The van der Waals surface area contributed by atoms with Crippen LogP contribution < -0.4 is 5.32 Å². The number of benzene rings is 2. The van der Waals surface area contributed by atoms with E-state index in [0.717, 1.165) is 0 Å². The molecule has 0 bridgehead atoms. The maximum absolute atomic E-state index is 12.8. The van der Waals surface area contributed by atoms with Gasteiger partial charge < -0.3 is 10.1 Å². The molecule has 0 aliphatic carbocycles.